The van der Waals surface area contributed by atoms with Crippen LogP contribution in [0.5, 0.6) is 0 Å². The van der Waals surface area contributed by atoms with Crippen LogP contribution in [-0.2, 0) is 16.0 Å². The van der Waals surface area contributed by atoms with E-state index in [0.29, 0.717) is 44.5 Å². The van der Waals surface area contributed by atoms with E-state index in [9.17, 15) is 9.59 Å². The van der Waals surface area contributed by atoms with E-state index in [1.54, 1.807) is 0 Å². The number of hydrogen-bond donors (Lipinski definition) is 1. The molecule has 1 aliphatic heterocycles. The van der Waals surface area contributed by atoms with Gasteiger partial charge in [0.15, 0.2) is 0 Å². The number of aryl methyl sites for hydroxylation is 1. The molecule has 2 amide bonds. The number of piperazine rings is 1. The summed E-state index contributed by atoms with van der Waals surface area (Å²) in [7, 11) is 0. The maximum atomic E-state index is 12.8. The van der Waals surface area contributed by atoms with Gasteiger partial charge in [0.1, 0.15) is 0 Å². The highest BCUT2D eigenvalue weighted by Crippen LogP contribution is 2.30. The smallest absolute Gasteiger partial charge is 0.238 e. The molecule has 2 aliphatic rings. The van der Waals surface area contributed by atoms with Crippen molar-refractivity contribution >= 4 is 29.3 Å². The molecule has 1 saturated heterocycles. The lowest BCUT2D eigenvalue weighted by Gasteiger charge is -2.34. The van der Waals surface area contributed by atoms with Crippen molar-refractivity contribution in [1.82, 2.24) is 30.0 Å². The first-order chi connectivity index (χ1) is 16.1. The van der Waals surface area contributed by atoms with Gasteiger partial charge in [-0.05, 0) is 41.3 Å². The average molecular weight is 472 g/mol. The second kappa shape index (κ2) is 11.6. The van der Waals surface area contributed by atoms with Gasteiger partial charge in [-0.2, -0.15) is 0 Å². The number of amides is 2. The van der Waals surface area contributed by atoms with Crippen LogP contribution in [0.2, 0.25) is 0 Å². The van der Waals surface area contributed by atoms with E-state index in [0.717, 1.165) is 35.7 Å². The Balaban J connectivity index is 1.20. The first-order valence-electron chi connectivity index (χ1n) is 11.9. The van der Waals surface area contributed by atoms with Gasteiger partial charge in [0.25, 0.3) is 0 Å². The Kier molecular flexibility index (Phi) is 8.33. The summed E-state index contributed by atoms with van der Waals surface area (Å²) in [6.07, 6.45) is 6.78. The molecule has 33 heavy (non-hydrogen) atoms. The van der Waals surface area contributed by atoms with Crippen LogP contribution in [0.15, 0.2) is 29.4 Å². The van der Waals surface area contributed by atoms with Gasteiger partial charge in [-0.3, -0.25) is 14.5 Å². The van der Waals surface area contributed by atoms with Crippen LogP contribution in [0.3, 0.4) is 0 Å². The fourth-order valence-corrected chi connectivity index (χ4v) is 5.40. The van der Waals surface area contributed by atoms with Crippen LogP contribution in [0.1, 0.15) is 50.6 Å². The van der Waals surface area contributed by atoms with Gasteiger partial charge < -0.3 is 10.2 Å². The largest absolute Gasteiger partial charge is 0.339 e. The van der Waals surface area contributed by atoms with Crippen molar-refractivity contribution < 1.29 is 9.59 Å². The molecular weight excluding hydrogens is 438 g/mol. The van der Waals surface area contributed by atoms with Crippen LogP contribution < -0.4 is 5.32 Å². The van der Waals surface area contributed by atoms with Crippen molar-refractivity contribution in [2.24, 2.45) is 0 Å². The Morgan fingerprint density at radius 2 is 1.85 bits per heavy atom. The summed E-state index contributed by atoms with van der Waals surface area (Å²) in [6, 6.07) is 8.25. The lowest BCUT2D eigenvalue weighted by Crippen LogP contribution is -2.50. The second-order valence-corrected chi connectivity index (χ2v) is 9.64. The molecular formula is C23H33N7O2S. The molecule has 4 rings (SSSR count). The fraction of sp³-hybridized carbons (Fsp3) is 0.609. The average Bonchev–Trinajstić information content (AvgIpc) is 3.32. The minimum absolute atomic E-state index is 0.0132. The van der Waals surface area contributed by atoms with Gasteiger partial charge in [-0.15, -0.1) is 5.10 Å². The molecule has 0 radical (unpaired) electrons. The summed E-state index contributed by atoms with van der Waals surface area (Å²) in [5.74, 6) is 0.418. The van der Waals surface area contributed by atoms with Crippen LogP contribution in [0.25, 0.3) is 0 Å². The highest BCUT2D eigenvalue weighted by Gasteiger charge is 2.25. The van der Waals surface area contributed by atoms with E-state index in [1.165, 1.54) is 31.0 Å². The molecule has 2 aromatic rings. The van der Waals surface area contributed by atoms with Crippen LogP contribution in [0.4, 0.5) is 5.69 Å². The van der Waals surface area contributed by atoms with Gasteiger partial charge in [-0.1, -0.05) is 56.1 Å². The van der Waals surface area contributed by atoms with Gasteiger partial charge >= 0.3 is 0 Å². The summed E-state index contributed by atoms with van der Waals surface area (Å²) in [4.78, 5) is 29.2. The number of nitrogens with zero attached hydrogens (tertiary/aromatic N) is 6. The predicted molar refractivity (Wildman–Crippen MR) is 128 cm³/mol. The number of hydrogen-bond acceptors (Lipinski definition) is 7. The number of carbonyl (C=O) groups is 2. The SMILES string of the molecule is CCc1ccccc1NC(=O)CN1CCN(C(=O)CSc2nnnn2C2CCCCC2)CC1. The molecule has 1 aliphatic carbocycles. The predicted octanol–water partition coefficient (Wildman–Crippen LogP) is 2.62. The lowest BCUT2D eigenvalue weighted by atomic mass is 9.96. The molecule has 2 heterocycles. The summed E-state index contributed by atoms with van der Waals surface area (Å²) >= 11 is 1.42. The quantitative estimate of drug-likeness (QED) is 0.591. The Labute approximate surface area is 199 Å². The van der Waals surface area contributed by atoms with Crippen molar-refractivity contribution in [3.63, 3.8) is 0 Å². The number of thioether (sulfide) groups is 1. The highest BCUT2D eigenvalue weighted by molar-refractivity contribution is 7.99. The fourth-order valence-electron chi connectivity index (χ4n) is 4.55. The van der Waals surface area contributed by atoms with Crippen molar-refractivity contribution in [2.75, 3.05) is 43.8 Å². The summed E-state index contributed by atoms with van der Waals surface area (Å²) in [5, 5.41) is 15.9. The number of anilines is 1. The number of para-hydroxylation sites is 1. The number of benzene rings is 1. The molecule has 178 valence electrons. The molecule has 1 N–H and O–H groups in total. The third-order valence-corrected chi connectivity index (χ3v) is 7.39. The molecule has 0 bridgehead atoms. The van der Waals surface area contributed by atoms with E-state index in [2.05, 4.69) is 32.7 Å². The normalized spacial score (nSPS) is 17.8. The zero-order chi connectivity index (χ0) is 23.0. The van der Waals surface area contributed by atoms with Gasteiger partial charge in [-0.25, -0.2) is 4.68 Å². The summed E-state index contributed by atoms with van der Waals surface area (Å²) in [6.45, 7) is 5.07. The molecule has 10 heteroatoms. The van der Waals surface area contributed by atoms with Crippen molar-refractivity contribution in [3.05, 3.63) is 29.8 Å². The van der Waals surface area contributed by atoms with E-state index in [1.807, 2.05) is 33.8 Å². The zero-order valence-corrected chi connectivity index (χ0v) is 20.1. The maximum absolute atomic E-state index is 12.8. The Hall–Kier alpha value is -2.46. The van der Waals surface area contributed by atoms with E-state index >= 15 is 0 Å². The zero-order valence-electron chi connectivity index (χ0n) is 19.3. The Morgan fingerprint density at radius 1 is 1.09 bits per heavy atom. The van der Waals surface area contributed by atoms with Crippen molar-refractivity contribution in [3.8, 4) is 0 Å². The number of carbonyl (C=O) groups excluding carboxylic acids is 2. The topological polar surface area (TPSA) is 96.2 Å². The minimum Gasteiger partial charge on any atom is -0.339 e. The van der Waals surface area contributed by atoms with E-state index in [4.69, 9.17) is 0 Å². The number of rotatable bonds is 8. The Morgan fingerprint density at radius 3 is 2.61 bits per heavy atom. The number of aromatic nitrogens is 4. The second-order valence-electron chi connectivity index (χ2n) is 8.70. The monoisotopic (exact) mass is 471 g/mol. The lowest BCUT2D eigenvalue weighted by molar-refractivity contribution is -0.130. The first-order valence-corrected chi connectivity index (χ1v) is 12.9. The molecule has 0 spiro atoms. The highest BCUT2D eigenvalue weighted by atomic mass is 32.2. The first kappa shape index (κ1) is 23.7. The molecule has 2 fully saturated rings. The van der Waals surface area contributed by atoms with Crippen molar-refractivity contribution in [2.45, 2.75) is 56.6 Å². The minimum atomic E-state index is -0.0132. The third-order valence-electron chi connectivity index (χ3n) is 6.47. The molecule has 9 nitrogen and oxygen atoms in total. The van der Waals surface area contributed by atoms with Crippen LogP contribution >= 0.6 is 11.8 Å². The molecule has 1 aromatic carbocycles. The molecule has 0 atom stereocenters. The number of nitrogens with one attached hydrogen (secondary N) is 1. The van der Waals surface area contributed by atoms with Gasteiger partial charge in [0, 0.05) is 31.9 Å². The standard InChI is InChI=1S/C23H33N7O2S/c1-2-18-8-6-7-11-20(18)24-21(31)16-28-12-14-29(15-13-28)22(32)17-33-23-25-26-27-30(23)19-9-4-3-5-10-19/h6-8,11,19H,2-5,9-10,12-17H2,1H3,(H,24,31). The van der Waals surface area contributed by atoms with Crippen molar-refractivity contribution in [1.29, 1.82) is 0 Å². The number of tetrazole rings is 1. The van der Waals surface area contributed by atoms with Gasteiger partial charge in [0.05, 0.1) is 18.3 Å². The summed E-state index contributed by atoms with van der Waals surface area (Å²) in [5.41, 5.74) is 2.01. The third kappa shape index (κ3) is 6.32. The molecule has 1 aromatic heterocycles. The van der Waals surface area contributed by atoms with E-state index < -0.39 is 0 Å². The Bertz CT molecular complexity index is 936. The maximum Gasteiger partial charge on any atom is 0.238 e. The van der Waals surface area contributed by atoms with Gasteiger partial charge in [0.2, 0.25) is 17.0 Å². The molecule has 1 saturated carbocycles. The van der Waals surface area contributed by atoms with Crippen LogP contribution in [0, 0.1) is 0 Å². The molecule has 0 unspecified atom stereocenters. The van der Waals surface area contributed by atoms with Crippen LogP contribution in [-0.4, -0.2) is 80.3 Å². The van der Waals surface area contributed by atoms with E-state index in [-0.39, 0.29) is 11.8 Å². The summed E-state index contributed by atoms with van der Waals surface area (Å²) < 4.78 is 1.91.